The van der Waals surface area contributed by atoms with E-state index >= 15 is 0 Å². The molecule has 3 aliphatic rings. The van der Waals surface area contributed by atoms with E-state index in [0.29, 0.717) is 12.2 Å². The molecule has 0 amide bonds. The monoisotopic (exact) mass is 359 g/mol. The van der Waals surface area contributed by atoms with Gasteiger partial charge in [-0.1, -0.05) is 12.1 Å². The van der Waals surface area contributed by atoms with Crippen molar-refractivity contribution >= 4 is 5.97 Å². The number of hydrogen-bond donors (Lipinski definition) is 0. The van der Waals surface area contributed by atoms with E-state index in [0.717, 1.165) is 18.7 Å². The van der Waals surface area contributed by atoms with E-state index in [1.54, 1.807) is 21.1 Å². The van der Waals surface area contributed by atoms with Crippen LogP contribution in [0.2, 0.25) is 0 Å². The van der Waals surface area contributed by atoms with Gasteiger partial charge in [0, 0.05) is 17.9 Å². The van der Waals surface area contributed by atoms with Gasteiger partial charge in [-0.15, -0.1) is 0 Å². The molecule has 0 radical (unpaired) electrons. The standard InChI is InChI=1S/C20H25NO5/c1-13-18(22)26-20(25-13)8-7-19(9-10-21(2)17(19)12-20)14-5-6-15(23-3)16(11-14)24-4/h5-8,11,13,17H,9-10,12H2,1-4H3. The lowest BCUT2D eigenvalue weighted by molar-refractivity contribution is -0.165. The topological polar surface area (TPSA) is 57.2 Å². The Morgan fingerprint density at radius 2 is 1.96 bits per heavy atom. The van der Waals surface area contributed by atoms with Gasteiger partial charge >= 0.3 is 5.97 Å². The molecule has 4 unspecified atom stereocenters. The zero-order chi connectivity index (χ0) is 18.5. The minimum atomic E-state index is -0.945. The number of likely N-dealkylation sites (N-methyl/N-ethyl adjacent to an activating group) is 1. The minimum absolute atomic E-state index is 0.166. The van der Waals surface area contributed by atoms with Crippen LogP contribution in [0.4, 0.5) is 0 Å². The molecule has 0 N–H and O–H groups in total. The highest BCUT2D eigenvalue weighted by Gasteiger charge is 2.56. The highest BCUT2D eigenvalue weighted by molar-refractivity contribution is 5.76. The van der Waals surface area contributed by atoms with Crippen molar-refractivity contribution in [3.63, 3.8) is 0 Å². The third-order valence-electron chi connectivity index (χ3n) is 6.02. The largest absolute Gasteiger partial charge is 0.493 e. The summed E-state index contributed by atoms with van der Waals surface area (Å²) in [6.45, 7) is 2.70. The van der Waals surface area contributed by atoms with Crippen molar-refractivity contribution in [2.75, 3.05) is 27.8 Å². The van der Waals surface area contributed by atoms with Crippen LogP contribution < -0.4 is 9.47 Å². The van der Waals surface area contributed by atoms with Crippen molar-refractivity contribution in [1.29, 1.82) is 0 Å². The number of likely N-dealkylation sites (tertiary alicyclic amines) is 1. The van der Waals surface area contributed by atoms with E-state index in [-0.39, 0.29) is 17.4 Å². The summed E-state index contributed by atoms with van der Waals surface area (Å²) in [5.41, 5.74) is 1.01. The molecule has 6 nitrogen and oxygen atoms in total. The van der Waals surface area contributed by atoms with Gasteiger partial charge in [-0.05, 0) is 50.7 Å². The molecule has 0 bridgehead atoms. The number of rotatable bonds is 3. The molecule has 1 aliphatic carbocycles. The Labute approximate surface area is 153 Å². The van der Waals surface area contributed by atoms with Crippen LogP contribution in [0.3, 0.4) is 0 Å². The molecule has 2 aliphatic heterocycles. The molecular formula is C20H25NO5. The van der Waals surface area contributed by atoms with Crippen LogP contribution in [0.25, 0.3) is 0 Å². The molecule has 1 spiro atoms. The predicted octanol–water partition coefficient (Wildman–Crippen LogP) is 2.26. The van der Waals surface area contributed by atoms with Crippen molar-refractivity contribution in [3.05, 3.63) is 35.9 Å². The van der Waals surface area contributed by atoms with Crippen LogP contribution in [0, 0.1) is 0 Å². The van der Waals surface area contributed by atoms with Crippen molar-refractivity contribution < 1.29 is 23.7 Å². The maximum absolute atomic E-state index is 11.9. The summed E-state index contributed by atoms with van der Waals surface area (Å²) >= 11 is 0. The zero-order valence-electron chi connectivity index (χ0n) is 15.7. The van der Waals surface area contributed by atoms with Crippen LogP contribution in [0.1, 0.15) is 25.3 Å². The summed E-state index contributed by atoms with van der Waals surface area (Å²) in [5.74, 6) is 0.195. The maximum atomic E-state index is 11.9. The third-order valence-corrected chi connectivity index (χ3v) is 6.02. The first-order chi connectivity index (χ1) is 12.4. The van der Waals surface area contributed by atoms with E-state index in [1.165, 1.54) is 5.56 Å². The summed E-state index contributed by atoms with van der Waals surface area (Å²) in [5, 5.41) is 0. The Hall–Kier alpha value is -2.05. The zero-order valence-corrected chi connectivity index (χ0v) is 15.7. The fraction of sp³-hybridized carbons (Fsp3) is 0.550. The molecule has 1 aromatic carbocycles. The van der Waals surface area contributed by atoms with Crippen molar-refractivity contribution in [3.8, 4) is 11.5 Å². The highest BCUT2D eigenvalue weighted by Crippen LogP contribution is 2.50. The van der Waals surface area contributed by atoms with Crippen LogP contribution in [-0.2, 0) is 19.7 Å². The van der Waals surface area contributed by atoms with Gasteiger partial charge in [-0.25, -0.2) is 4.79 Å². The average molecular weight is 359 g/mol. The first-order valence-corrected chi connectivity index (χ1v) is 8.97. The molecule has 1 aromatic rings. The van der Waals surface area contributed by atoms with Crippen LogP contribution >= 0.6 is 0 Å². The molecule has 140 valence electrons. The van der Waals surface area contributed by atoms with Gasteiger partial charge in [0.1, 0.15) is 0 Å². The second-order valence-electron chi connectivity index (χ2n) is 7.39. The highest BCUT2D eigenvalue weighted by atomic mass is 16.8. The lowest BCUT2D eigenvalue weighted by atomic mass is 9.68. The van der Waals surface area contributed by atoms with Crippen LogP contribution in [0.15, 0.2) is 30.4 Å². The Kier molecular flexibility index (Phi) is 4.00. The molecule has 26 heavy (non-hydrogen) atoms. The number of hydrogen-bond acceptors (Lipinski definition) is 6. The summed E-state index contributed by atoms with van der Waals surface area (Å²) in [6.07, 6.45) is 5.17. The van der Waals surface area contributed by atoms with Gasteiger partial charge in [0.2, 0.25) is 5.79 Å². The molecule has 4 atom stereocenters. The number of esters is 1. The van der Waals surface area contributed by atoms with E-state index in [9.17, 15) is 4.79 Å². The summed E-state index contributed by atoms with van der Waals surface area (Å²) in [4.78, 5) is 14.2. The van der Waals surface area contributed by atoms with E-state index < -0.39 is 11.9 Å². The lowest BCUT2D eigenvalue weighted by Crippen LogP contribution is -2.50. The Bertz CT molecular complexity index is 763. The van der Waals surface area contributed by atoms with E-state index in [2.05, 4.69) is 30.2 Å². The van der Waals surface area contributed by atoms with Gasteiger partial charge in [0.05, 0.1) is 14.2 Å². The van der Waals surface area contributed by atoms with Gasteiger partial charge in [-0.3, -0.25) is 0 Å². The number of nitrogens with zero attached hydrogens (tertiary/aromatic N) is 1. The molecule has 0 saturated carbocycles. The van der Waals surface area contributed by atoms with E-state index in [1.807, 2.05) is 12.1 Å². The SMILES string of the molecule is COc1ccc(C23C=CC4(CC2N(C)CC3)OC(=O)C(C)O4)cc1OC. The lowest BCUT2D eigenvalue weighted by Gasteiger charge is -2.43. The molecule has 4 rings (SSSR count). The number of carbonyl (C=O) groups excluding carboxylic acids is 1. The first kappa shape index (κ1) is 17.4. The minimum Gasteiger partial charge on any atom is -0.493 e. The van der Waals surface area contributed by atoms with Crippen molar-refractivity contribution in [2.24, 2.45) is 0 Å². The Morgan fingerprint density at radius 3 is 2.62 bits per heavy atom. The number of benzene rings is 1. The molecular weight excluding hydrogens is 334 g/mol. The van der Waals surface area contributed by atoms with Gasteiger partial charge < -0.3 is 23.8 Å². The summed E-state index contributed by atoms with van der Waals surface area (Å²) < 4.78 is 22.4. The third kappa shape index (κ3) is 2.43. The van der Waals surface area contributed by atoms with Crippen LogP contribution in [-0.4, -0.2) is 56.6 Å². The predicted molar refractivity (Wildman–Crippen MR) is 95.4 cm³/mol. The fourth-order valence-corrected chi connectivity index (χ4v) is 4.57. The van der Waals surface area contributed by atoms with Gasteiger partial charge in [0.15, 0.2) is 17.6 Å². The number of methoxy groups -OCH3 is 2. The molecule has 2 heterocycles. The second-order valence-corrected chi connectivity index (χ2v) is 7.39. The van der Waals surface area contributed by atoms with Gasteiger partial charge in [0.25, 0.3) is 0 Å². The smallest absolute Gasteiger partial charge is 0.337 e. The molecule has 2 fully saturated rings. The molecule has 2 saturated heterocycles. The number of carbonyl (C=O) groups is 1. The van der Waals surface area contributed by atoms with Crippen molar-refractivity contribution in [2.45, 2.75) is 43.1 Å². The molecule has 0 aromatic heterocycles. The normalized spacial score (nSPS) is 36.2. The number of ether oxygens (including phenoxy) is 4. The Morgan fingerprint density at radius 1 is 1.19 bits per heavy atom. The maximum Gasteiger partial charge on any atom is 0.337 e. The van der Waals surface area contributed by atoms with E-state index in [4.69, 9.17) is 18.9 Å². The van der Waals surface area contributed by atoms with Crippen molar-refractivity contribution in [1.82, 2.24) is 4.90 Å². The summed E-state index contributed by atoms with van der Waals surface area (Å²) in [6, 6.07) is 6.27. The quantitative estimate of drug-likeness (QED) is 0.610. The summed E-state index contributed by atoms with van der Waals surface area (Å²) in [7, 11) is 5.40. The fourth-order valence-electron chi connectivity index (χ4n) is 4.57. The average Bonchev–Trinajstić information content (AvgIpc) is 3.12. The first-order valence-electron chi connectivity index (χ1n) is 8.97. The second kappa shape index (κ2) is 5.99. The molecule has 6 heteroatoms. The van der Waals surface area contributed by atoms with Crippen LogP contribution in [0.5, 0.6) is 11.5 Å². The van der Waals surface area contributed by atoms with Gasteiger partial charge in [-0.2, -0.15) is 0 Å². The number of fused-ring (bicyclic) bond motifs is 1. The Balaban J connectivity index is 1.76.